The highest BCUT2D eigenvalue weighted by Gasteiger charge is 2.58. The maximum atomic E-state index is 12.2. The molecule has 1 atom stereocenters. The van der Waals surface area contributed by atoms with E-state index >= 15 is 0 Å². The molecule has 0 spiro atoms. The Labute approximate surface area is 298 Å². The number of hydrogen-bond acceptors (Lipinski definition) is 6. The van der Waals surface area contributed by atoms with Gasteiger partial charge in [-0.3, -0.25) is 0 Å². The van der Waals surface area contributed by atoms with Gasteiger partial charge in [-0.2, -0.15) is 0 Å². The fourth-order valence-corrected chi connectivity index (χ4v) is 23.5. The lowest BCUT2D eigenvalue weighted by atomic mass is 10.4. The normalized spacial score (nSPS) is 15.8. The van der Waals surface area contributed by atoms with Crippen LogP contribution in [0.15, 0.2) is 12.2 Å². The van der Waals surface area contributed by atoms with Crippen molar-refractivity contribution in [3.63, 3.8) is 0 Å². The predicted molar refractivity (Wildman–Crippen MR) is 217 cm³/mol. The van der Waals surface area contributed by atoms with Crippen LogP contribution in [-0.4, -0.2) is 74.8 Å². The van der Waals surface area contributed by atoms with Crippen LogP contribution in [-0.2, 0) is 27.2 Å². The molecule has 0 heterocycles. The molecule has 6 nitrogen and oxygen atoms in total. The Morgan fingerprint density at radius 3 is 1.45 bits per heavy atom. The third-order valence-corrected chi connectivity index (χ3v) is 32.9. The third-order valence-electron chi connectivity index (χ3n) is 11.5. The van der Waals surface area contributed by atoms with Gasteiger partial charge < -0.3 is 22.4 Å². The Kier molecular flexibility index (Phi) is 17.1. The first-order valence-corrected chi connectivity index (χ1v) is 33.2. The van der Waals surface area contributed by atoms with Crippen molar-refractivity contribution in [1.82, 2.24) is 0 Å². The first-order chi connectivity index (χ1) is 20.8. The molecule has 1 unspecified atom stereocenters. The Bertz CT molecular complexity index is 1020. The van der Waals surface area contributed by atoms with Gasteiger partial charge in [0, 0.05) is 10.8 Å². The molecular formula is C36H80O6Si5. The summed E-state index contributed by atoms with van der Waals surface area (Å²) in [6.07, 6.45) is 5.54. The molecule has 280 valence electrons. The summed E-state index contributed by atoms with van der Waals surface area (Å²) < 4.78 is 34.9. The van der Waals surface area contributed by atoms with Crippen LogP contribution in [0.2, 0.25) is 77.1 Å². The van der Waals surface area contributed by atoms with E-state index in [2.05, 4.69) is 135 Å². The minimum absolute atomic E-state index is 0.177. The first-order valence-electron chi connectivity index (χ1n) is 18.4. The molecule has 47 heavy (non-hydrogen) atoms. The second-order valence-electron chi connectivity index (χ2n) is 18.6. The highest BCUT2D eigenvalue weighted by atomic mass is 28.4. The third kappa shape index (κ3) is 13.3. The van der Waals surface area contributed by atoms with Gasteiger partial charge in [0.1, 0.15) is 0 Å². The summed E-state index contributed by atoms with van der Waals surface area (Å²) in [4.78, 5) is 12.2. The second-order valence-corrected chi connectivity index (χ2v) is 41.5. The minimum Gasteiger partial charge on any atom is -0.462 e. The summed E-state index contributed by atoms with van der Waals surface area (Å²) in [6.45, 7) is 49.6. The molecule has 0 aromatic heterocycles. The summed E-state index contributed by atoms with van der Waals surface area (Å²) in [5.41, 5.74) is 0.421. The maximum absolute atomic E-state index is 12.2. The van der Waals surface area contributed by atoms with Crippen LogP contribution in [0.25, 0.3) is 0 Å². The Balaban J connectivity index is 6.60. The fraction of sp³-hybridized carbons (Fsp3) is 0.917. The highest BCUT2D eigenvalue weighted by molar-refractivity contribution is 6.83. The molecule has 0 aliphatic heterocycles. The monoisotopic (exact) mass is 748 g/mol. The maximum Gasteiger partial charge on any atom is 0.333 e. The van der Waals surface area contributed by atoms with Crippen LogP contribution in [0.1, 0.15) is 108 Å². The van der Waals surface area contributed by atoms with E-state index < -0.39 is 51.8 Å². The van der Waals surface area contributed by atoms with Gasteiger partial charge in [-0.15, -0.1) is 0 Å². The SMILES string of the molecule is C=C(C)C(=O)OCCC[Si](C)(OC(C)(C)[Si](C)(C)OC(C)(C)[Si](C)(C)CCCC)C(C)(C)O[Si](C)(C)C(C)(C)O[Si](C)(C)CCCC. The van der Waals surface area contributed by atoms with Crippen molar-refractivity contribution in [2.24, 2.45) is 0 Å². The van der Waals surface area contributed by atoms with Gasteiger partial charge in [0.2, 0.25) is 25.0 Å². The van der Waals surface area contributed by atoms with Gasteiger partial charge in [-0.1, -0.05) is 65.2 Å². The quantitative estimate of drug-likeness (QED) is 0.0449. The van der Waals surface area contributed by atoms with E-state index in [1.807, 2.05) is 0 Å². The smallest absolute Gasteiger partial charge is 0.333 e. The summed E-state index contributed by atoms with van der Waals surface area (Å²) in [5, 5.41) is -1.57. The van der Waals surface area contributed by atoms with Crippen molar-refractivity contribution in [2.75, 3.05) is 6.61 Å². The van der Waals surface area contributed by atoms with Crippen LogP contribution >= 0.6 is 0 Å². The molecule has 0 aromatic rings. The number of ether oxygens (including phenoxy) is 1. The first kappa shape index (κ1) is 47.1. The van der Waals surface area contributed by atoms with E-state index in [9.17, 15) is 4.79 Å². The Morgan fingerprint density at radius 2 is 1.00 bits per heavy atom. The van der Waals surface area contributed by atoms with E-state index in [4.69, 9.17) is 22.4 Å². The summed E-state index contributed by atoms with van der Waals surface area (Å²) in [5.74, 6) is -0.341. The van der Waals surface area contributed by atoms with Crippen LogP contribution in [0.5, 0.6) is 0 Å². The summed E-state index contributed by atoms with van der Waals surface area (Å²) in [6, 6.07) is 3.20. The average molecular weight is 749 g/mol. The fourth-order valence-electron chi connectivity index (χ4n) is 6.01. The molecule has 0 rings (SSSR count). The molecule has 0 aromatic carbocycles. The van der Waals surface area contributed by atoms with E-state index in [-0.39, 0.29) is 16.4 Å². The molecule has 0 N–H and O–H groups in total. The van der Waals surface area contributed by atoms with Crippen molar-refractivity contribution in [2.45, 2.75) is 206 Å². The molecule has 0 fully saturated rings. The lowest BCUT2D eigenvalue weighted by molar-refractivity contribution is -0.138. The van der Waals surface area contributed by atoms with Gasteiger partial charge in [-0.05, 0) is 127 Å². The molecule has 11 heteroatoms. The standard InChI is InChI=1S/C36H80O6Si5/c1-22-24-28-43(13,14)33(5,6)40-46(19,20)35(9,10)42-47(21,30-26-27-38-32(37)31(3)4)36(11,12)41-45(17,18)34(7,8)39-44(15,16)29-25-23-2/h3,22-30H2,1-2,4-21H3. The van der Waals surface area contributed by atoms with E-state index in [0.717, 1.165) is 12.1 Å². The van der Waals surface area contributed by atoms with Crippen LogP contribution in [0, 0.1) is 0 Å². The van der Waals surface area contributed by atoms with Crippen molar-refractivity contribution in [3.05, 3.63) is 12.2 Å². The van der Waals surface area contributed by atoms with E-state index in [1.165, 1.54) is 31.7 Å². The molecule has 0 amide bonds. The van der Waals surface area contributed by atoms with E-state index in [1.54, 1.807) is 6.92 Å². The van der Waals surface area contributed by atoms with Crippen LogP contribution in [0.3, 0.4) is 0 Å². The molecule has 0 aliphatic rings. The van der Waals surface area contributed by atoms with Gasteiger partial charge in [-0.25, -0.2) is 4.79 Å². The molecular weight excluding hydrogens is 669 g/mol. The number of hydrogen-bond donors (Lipinski definition) is 0. The zero-order valence-electron chi connectivity index (χ0n) is 35.0. The number of rotatable bonds is 23. The summed E-state index contributed by atoms with van der Waals surface area (Å²) >= 11 is 0. The van der Waals surface area contributed by atoms with E-state index in [0.29, 0.717) is 18.6 Å². The lowest BCUT2D eigenvalue weighted by Crippen LogP contribution is -2.71. The lowest BCUT2D eigenvalue weighted by Gasteiger charge is -2.55. The number of carbonyl (C=O) groups is 1. The second kappa shape index (κ2) is 17.1. The predicted octanol–water partition coefficient (Wildman–Crippen LogP) is 11.3. The largest absolute Gasteiger partial charge is 0.462 e. The highest BCUT2D eigenvalue weighted by Crippen LogP contribution is 2.43. The number of carbonyl (C=O) groups excluding carboxylic acids is 1. The average Bonchev–Trinajstić information content (AvgIpc) is 2.86. The van der Waals surface area contributed by atoms with Crippen molar-refractivity contribution >= 4 is 47.3 Å². The molecule has 0 saturated carbocycles. The Morgan fingerprint density at radius 1 is 0.574 bits per heavy atom. The van der Waals surface area contributed by atoms with Gasteiger partial charge in [0.05, 0.1) is 30.4 Å². The zero-order chi connectivity index (χ0) is 37.6. The minimum atomic E-state index is -2.71. The van der Waals surface area contributed by atoms with Crippen molar-refractivity contribution < 1.29 is 27.2 Å². The molecule has 0 bridgehead atoms. The molecule has 0 saturated heterocycles. The zero-order valence-corrected chi connectivity index (χ0v) is 40.0. The molecule has 0 aliphatic carbocycles. The number of esters is 1. The molecule has 0 radical (unpaired) electrons. The topological polar surface area (TPSA) is 63.2 Å². The summed E-state index contributed by atoms with van der Waals surface area (Å²) in [7, 11) is -11.2. The van der Waals surface area contributed by atoms with Crippen molar-refractivity contribution in [3.8, 4) is 0 Å². The van der Waals surface area contributed by atoms with Gasteiger partial charge >= 0.3 is 5.97 Å². The van der Waals surface area contributed by atoms with Gasteiger partial charge in [0.15, 0.2) is 8.32 Å². The Hall–Kier alpha value is 0.134. The van der Waals surface area contributed by atoms with Crippen molar-refractivity contribution in [1.29, 1.82) is 0 Å². The van der Waals surface area contributed by atoms with Gasteiger partial charge in [0.25, 0.3) is 0 Å². The van der Waals surface area contributed by atoms with Crippen LogP contribution in [0.4, 0.5) is 0 Å². The van der Waals surface area contributed by atoms with Crippen LogP contribution < -0.4 is 0 Å². The number of unbranched alkanes of at least 4 members (excludes halogenated alkanes) is 2.